The van der Waals surface area contributed by atoms with Gasteiger partial charge >= 0.3 is 0 Å². The predicted octanol–water partition coefficient (Wildman–Crippen LogP) is 4.43. The van der Waals surface area contributed by atoms with Crippen LogP contribution in [0.3, 0.4) is 0 Å². The maximum atomic E-state index is 12.9. The van der Waals surface area contributed by atoms with Crippen molar-refractivity contribution in [2.24, 2.45) is 0 Å². The zero-order valence-electron chi connectivity index (χ0n) is 11.4. The molecule has 0 saturated heterocycles. The molecule has 0 aromatic heterocycles. The van der Waals surface area contributed by atoms with Crippen molar-refractivity contribution in [1.82, 2.24) is 0 Å². The zero-order valence-corrected chi connectivity index (χ0v) is 12.9. The first kappa shape index (κ1) is 14.7. The summed E-state index contributed by atoms with van der Waals surface area (Å²) in [7, 11) is 1.91. The summed E-state index contributed by atoms with van der Waals surface area (Å²) in [6, 6.07) is 12.0. The Bertz CT molecular complexity index is 625. The highest BCUT2D eigenvalue weighted by atomic mass is 79.9. The Morgan fingerprint density at radius 1 is 1.20 bits per heavy atom. The highest BCUT2D eigenvalue weighted by Crippen LogP contribution is 2.26. The molecule has 0 aliphatic carbocycles. The number of benzene rings is 2. The summed E-state index contributed by atoms with van der Waals surface area (Å²) in [4.78, 5) is 13.7. The molecule has 0 spiro atoms. The number of halogens is 2. The minimum atomic E-state index is -0.247. The molecule has 4 heteroatoms. The fourth-order valence-electron chi connectivity index (χ4n) is 2.07. The fraction of sp³-hybridized carbons (Fsp3) is 0.188. The van der Waals surface area contributed by atoms with Crippen LogP contribution in [-0.4, -0.2) is 12.8 Å². The number of rotatable bonds is 4. The Balaban J connectivity index is 2.28. The first-order chi connectivity index (χ1) is 9.47. The van der Waals surface area contributed by atoms with Crippen molar-refractivity contribution in [3.8, 4) is 0 Å². The molecule has 0 unspecified atom stereocenters. The van der Waals surface area contributed by atoms with Crippen LogP contribution in [0.2, 0.25) is 0 Å². The van der Waals surface area contributed by atoms with E-state index in [9.17, 15) is 9.18 Å². The van der Waals surface area contributed by atoms with Gasteiger partial charge in [-0.1, -0.05) is 28.1 Å². The van der Waals surface area contributed by atoms with Gasteiger partial charge in [-0.15, -0.1) is 0 Å². The molecule has 0 radical (unpaired) electrons. The van der Waals surface area contributed by atoms with Crippen LogP contribution in [-0.2, 0) is 6.54 Å². The lowest BCUT2D eigenvalue weighted by molar-refractivity contribution is 0.101. The molecule has 0 fully saturated rings. The minimum absolute atomic E-state index is 0.0263. The van der Waals surface area contributed by atoms with E-state index < -0.39 is 0 Å². The van der Waals surface area contributed by atoms with Crippen LogP contribution in [0.1, 0.15) is 22.8 Å². The van der Waals surface area contributed by atoms with Crippen molar-refractivity contribution in [1.29, 1.82) is 0 Å². The van der Waals surface area contributed by atoms with E-state index in [0.29, 0.717) is 12.1 Å². The lowest BCUT2D eigenvalue weighted by Crippen LogP contribution is -2.19. The SMILES string of the molecule is CC(=O)c1ccc(Br)cc1N(C)Cc1ccc(F)cc1. The Hall–Kier alpha value is -1.68. The Morgan fingerprint density at radius 2 is 1.85 bits per heavy atom. The molecule has 0 saturated carbocycles. The normalized spacial score (nSPS) is 10.4. The molecule has 2 rings (SSSR count). The Labute approximate surface area is 126 Å². The number of ketones is 1. The van der Waals surface area contributed by atoms with E-state index in [4.69, 9.17) is 0 Å². The van der Waals surface area contributed by atoms with Crippen LogP contribution in [0.5, 0.6) is 0 Å². The van der Waals surface area contributed by atoms with Gasteiger partial charge in [0, 0.05) is 29.3 Å². The lowest BCUT2D eigenvalue weighted by Gasteiger charge is -2.22. The first-order valence-electron chi connectivity index (χ1n) is 6.23. The van der Waals surface area contributed by atoms with Crippen LogP contribution < -0.4 is 4.90 Å². The summed E-state index contributed by atoms with van der Waals surface area (Å²) in [5.41, 5.74) is 2.53. The van der Waals surface area contributed by atoms with E-state index in [2.05, 4.69) is 15.9 Å². The summed E-state index contributed by atoms with van der Waals surface area (Å²) < 4.78 is 13.8. The highest BCUT2D eigenvalue weighted by Gasteiger charge is 2.12. The monoisotopic (exact) mass is 335 g/mol. The summed E-state index contributed by atoms with van der Waals surface area (Å²) >= 11 is 3.42. The summed E-state index contributed by atoms with van der Waals surface area (Å²) in [5.74, 6) is -0.221. The minimum Gasteiger partial charge on any atom is -0.370 e. The smallest absolute Gasteiger partial charge is 0.161 e. The number of Topliss-reactive ketones (excluding diaryl/α,β-unsaturated/α-hetero) is 1. The molecule has 0 amide bonds. The van der Waals surface area contributed by atoms with Crippen molar-refractivity contribution < 1.29 is 9.18 Å². The van der Waals surface area contributed by atoms with E-state index in [0.717, 1.165) is 15.7 Å². The number of carbonyl (C=O) groups excluding carboxylic acids is 1. The van der Waals surface area contributed by atoms with Gasteiger partial charge in [0.2, 0.25) is 0 Å². The molecule has 2 aromatic carbocycles. The molecule has 0 bridgehead atoms. The average molecular weight is 336 g/mol. The van der Waals surface area contributed by atoms with Gasteiger partial charge in [0.15, 0.2) is 5.78 Å². The third-order valence-electron chi connectivity index (χ3n) is 3.08. The first-order valence-corrected chi connectivity index (χ1v) is 7.03. The van der Waals surface area contributed by atoms with Gasteiger partial charge in [-0.2, -0.15) is 0 Å². The van der Waals surface area contributed by atoms with Gasteiger partial charge in [-0.3, -0.25) is 4.79 Å². The predicted molar refractivity (Wildman–Crippen MR) is 82.7 cm³/mol. The molecule has 0 aliphatic rings. The molecule has 2 aromatic rings. The Kier molecular flexibility index (Phi) is 4.55. The van der Waals surface area contributed by atoms with E-state index in [1.54, 1.807) is 19.1 Å². The third-order valence-corrected chi connectivity index (χ3v) is 3.58. The largest absolute Gasteiger partial charge is 0.370 e. The molecular weight excluding hydrogens is 321 g/mol. The summed E-state index contributed by atoms with van der Waals surface area (Å²) in [6.07, 6.45) is 0. The fourth-order valence-corrected chi connectivity index (χ4v) is 2.42. The third kappa shape index (κ3) is 3.45. The van der Waals surface area contributed by atoms with E-state index in [-0.39, 0.29) is 11.6 Å². The van der Waals surface area contributed by atoms with Crippen LogP contribution in [0.15, 0.2) is 46.9 Å². The molecular formula is C16H15BrFNO. The quantitative estimate of drug-likeness (QED) is 0.770. The molecule has 0 aliphatic heterocycles. The molecule has 0 atom stereocenters. The van der Waals surface area contributed by atoms with Crippen LogP contribution in [0, 0.1) is 5.82 Å². The zero-order chi connectivity index (χ0) is 14.7. The van der Waals surface area contributed by atoms with Crippen molar-refractivity contribution in [2.75, 3.05) is 11.9 Å². The maximum absolute atomic E-state index is 12.9. The van der Waals surface area contributed by atoms with Gasteiger partial charge < -0.3 is 4.90 Å². The summed E-state index contributed by atoms with van der Waals surface area (Å²) in [5, 5.41) is 0. The van der Waals surface area contributed by atoms with E-state index >= 15 is 0 Å². The molecule has 2 nitrogen and oxygen atoms in total. The second-order valence-electron chi connectivity index (χ2n) is 4.70. The lowest BCUT2D eigenvalue weighted by atomic mass is 10.1. The molecule has 0 N–H and O–H groups in total. The topological polar surface area (TPSA) is 20.3 Å². The van der Waals surface area contributed by atoms with Crippen LogP contribution in [0.4, 0.5) is 10.1 Å². The van der Waals surface area contributed by atoms with Crippen molar-refractivity contribution in [2.45, 2.75) is 13.5 Å². The molecule has 20 heavy (non-hydrogen) atoms. The highest BCUT2D eigenvalue weighted by molar-refractivity contribution is 9.10. The standard InChI is InChI=1S/C16H15BrFNO/c1-11(20)15-8-5-13(17)9-16(15)19(2)10-12-3-6-14(18)7-4-12/h3-9H,10H2,1-2H3. The van der Waals surface area contributed by atoms with Gasteiger partial charge in [0.1, 0.15) is 5.82 Å². The number of anilines is 1. The Morgan fingerprint density at radius 3 is 2.45 bits per heavy atom. The van der Waals surface area contributed by atoms with Gasteiger partial charge in [-0.25, -0.2) is 4.39 Å². The number of hydrogen-bond acceptors (Lipinski definition) is 2. The summed E-state index contributed by atoms with van der Waals surface area (Å²) in [6.45, 7) is 2.16. The maximum Gasteiger partial charge on any atom is 0.161 e. The molecule has 104 valence electrons. The number of nitrogens with zero attached hydrogens (tertiary/aromatic N) is 1. The number of hydrogen-bond donors (Lipinski definition) is 0. The second kappa shape index (κ2) is 6.18. The molecule has 0 heterocycles. The van der Waals surface area contributed by atoms with Crippen molar-refractivity contribution in [3.63, 3.8) is 0 Å². The van der Waals surface area contributed by atoms with Gasteiger partial charge in [0.25, 0.3) is 0 Å². The van der Waals surface area contributed by atoms with Crippen LogP contribution >= 0.6 is 15.9 Å². The number of carbonyl (C=O) groups is 1. The van der Waals surface area contributed by atoms with E-state index in [1.807, 2.05) is 30.1 Å². The average Bonchev–Trinajstić information content (AvgIpc) is 2.41. The van der Waals surface area contributed by atoms with E-state index in [1.165, 1.54) is 12.1 Å². The second-order valence-corrected chi connectivity index (χ2v) is 5.62. The van der Waals surface area contributed by atoms with Crippen molar-refractivity contribution >= 4 is 27.4 Å². The van der Waals surface area contributed by atoms with Crippen molar-refractivity contribution in [3.05, 3.63) is 63.9 Å². The van der Waals surface area contributed by atoms with Gasteiger partial charge in [-0.05, 0) is 42.8 Å². The van der Waals surface area contributed by atoms with Crippen LogP contribution in [0.25, 0.3) is 0 Å². The van der Waals surface area contributed by atoms with Gasteiger partial charge in [0.05, 0.1) is 0 Å².